The zero-order valence-electron chi connectivity index (χ0n) is 13.1. The normalized spacial score (nSPS) is 11.2. The standard InChI is InChI=1S/C16H21N5.HI/c1-11(2)13-5-4-6-14(9-13)21-16(17)19-10-15-7-8-18-12(3)20-15;/h4-9,11H,10H2,1-3H3,(H3,17,19,21);1H. The van der Waals surface area contributed by atoms with Crippen molar-refractivity contribution in [1.29, 1.82) is 0 Å². The third-order valence-electron chi connectivity index (χ3n) is 3.07. The molecule has 1 heterocycles. The van der Waals surface area contributed by atoms with Gasteiger partial charge in [-0.05, 0) is 36.6 Å². The van der Waals surface area contributed by atoms with E-state index < -0.39 is 0 Å². The quantitative estimate of drug-likeness (QED) is 0.459. The molecule has 2 aromatic rings. The molecule has 3 N–H and O–H groups in total. The lowest BCUT2D eigenvalue weighted by Crippen LogP contribution is -2.22. The number of nitrogens with zero attached hydrogens (tertiary/aromatic N) is 3. The fourth-order valence-electron chi connectivity index (χ4n) is 1.92. The highest BCUT2D eigenvalue weighted by Gasteiger charge is 2.01. The maximum Gasteiger partial charge on any atom is 0.193 e. The van der Waals surface area contributed by atoms with Crippen LogP contribution in [0.5, 0.6) is 0 Å². The summed E-state index contributed by atoms with van der Waals surface area (Å²) >= 11 is 0. The lowest BCUT2D eigenvalue weighted by atomic mass is 10.0. The van der Waals surface area contributed by atoms with Gasteiger partial charge in [-0.2, -0.15) is 0 Å². The molecule has 0 radical (unpaired) electrons. The number of nitrogens with two attached hydrogens (primary N) is 1. The van der Waals surface area contributed by atoms with E-state index in [1.165, 1.54) is 5.56 Å². The summed E-state index contributed by atoms with van der Waals surface area (Å²) in [5, 5.41) is 3.11. The van der Waals surface area contributed by atoms with Crippen LogP contribution in [0.15, 0.2) is 41.5 Å². The lowest BCUT2D eigenvalue weighted by Gasteiger charge is -2.10. The zero-order chi connectivity index (χ0) is 15.2. The summed E-state index contributed by atoms with van der Waals surface area (Å²) in [6.45, 7) is 6.61. The molecule has 0 atom stereocenters. The number of aromatic nitrogens is 2. The van der Waals surface area contributed by atoms with Crippen molar-refractivity contribution in [1.82, 2.24) is 9.97 Å². The molecule has 1 aromatic heterocycles. The van der Waals surface area contributed by atoms with Crippen LogP contribution in [-0.2, 0) is 6.54 Å². The van der Waals surface area contributed by atoms with Crippen molar-refractivity contribution in [2.75, 3.05) is 5.32 Å². The number of guanidine groups is 1. The number of hydrogen-bond acceptors (Lipinski definition) is 3. The molecule has 0 saturated carbocycles. The van der Waals surface area contributed by atoms with E-state index in [9.17, 15) is 0 Å². The van der Waals surface area contributed by atoms with E-state index in [0.717, 1.165) is 17.2 Å². The van der Waals surface area contributed by atoms with Crippen molar-refractivity contribution >= 4 is 35.6 Å². The van der Waals surface area contributed by atoms with Gasteiger partial charge in [0.25, 0.3) is 0 Å². The molecule has 2 rings (SSSR count). The number of aliphatic imine (C=N–C) groups is 1. The van der Waals surface area contributed by atoms with Crippen LogP contribution in [0, 0.1) is 6.92 Å². The average Bonchev–Trinajstić information content (AvgIpc) is 2.45. The minimum Gasteiger partial charge on any atom is -0.370 e. The Morgan fingerprint density at radius 2 is 2.09 bits per heavy atom. The third-order valence-corrected chi connectivity index (χ3v) is 3.07. The maximum atomic E-state index is 5.91. The van der Waals surface area contributed by atoms with Gasteiger partial charge in [0.15, 0.2) is 5.96 Å². The minimum absolute atomic E-state index is 0. The van der Waals surface area contributed by atoms with E-state index in [4.69, 9.17) is 5.73 Å². The van der Waals surface area contributed by atoms with Crippen LogP contribution in [0.3, 0.4) is 0 Å². The number of benzene rings is 1. The smallest absolute Gasteiger partial charge is 0.193 e. The first-order chi connectivity index (χ1) is 10.0. The minimum atomic E-state index is 0. The van der Waals surface area contributed by atoms with Crippen molar-refractivity contribution in [3.05, 3.63) is 53.6 Å². The molecular weight excluding hydrogens is 389 g/mol. The van der Waals surface area contributed by atoms with E-state index in [0.29, 0.717) is 18.4 Å². The van der Waals surface area contributed by atoms with E-state index in [-0.39, 0.29) is 24.0 Å². The molecule has 118 valence electrons. The van der Waals surface area contributed by atoms with Gasteiger partial charge in [0.05, 0.1) is 12.2 Å². The largest absolute Gasteiger partial charge is 0.370 e. The van der Waals surface area contributed by atoms with Gasteiger partial charge in [-0.3, -0.25) is 0 Å². The van der Waals surface area contributed by atoms with Crippen LogP contribution >= 0.6 is 24.0 Å². The Morgan fingerprint density at radius 1 is 1.32 bits per heavy atom. The molecule has 0 amide bonds. The van der Waals surface area contributed by atoms with Gasteiger partial charge in [0, 0.05) is 11.9 Å². The second-order valence-electron chi connectivity index (χ2n) is 5.20. The fourth-order valence-corrected chi connectivity index (χ4v) is 1.92. The highest BCUT2D eigenvalue weighted by atomic mass is 127. The zero-order valence-corrected chi connectivity index (χ0v) is 15.4. The SMILES string of the molecule is Cc1nccc(CN=C(N)Nc2cccc(C(C)C)c2)n1.I. The average molecular weight is 411 g/mol. The summed E-state index contributed by atoms with van der Waals surface area (Å²) in [5.74, 6) is 1.60. The predicted octanol–water partition coefficient (Wildman–Crippen LogP) is 3.45. The molecule has 0 saturated heterocycles. The van der Waals surface area contributed by atoms with Gasteiger partial charge in [-0.1, -0.05) is 26.0 Å². The van der Waals surface area contributed by atoms with Gasteiger partial charge in [0.1, 0.15) is 5.82 Å². The molecule has 0 aliphatic heterocycles. The number of nitrogens with one attached hydrogen (secondary N) is 1. The van der Waals surface area contributed by atoms with Crippen molar-refractivity contribution in [3.63, 3.8) is 0 Å². The van der Waals surface area contributed by atoms with Crippen molar-refractivity contribution < 1.29 is 0 Å². The highest BCUT2D eigenvalue weighted by molar-refractivity contribution is 14.0. The topological polar surface area (TPSA) is 76.2 Å². The number of rotatable bonds is 4. The van der Waals surface area contributed by atoms with Crippen molar-refractivity contribution in [2.24, 2.45) is 10.7 Å². The van der Waals surface area contributed by atoms with Crippen molar-refractivity contribution in [2.45, 2.75) is 33.2 Å². The van der Waals surface area contributed by atoms with Crippen LogP contribution in [0.2, 0.25) is 0 Å². The molecule has 1 aromatic carbocycles. The summed E-state index contributed by atoms with van der Waals surface area (Å²) in [6, 6.07) is 10.0. The Labute approximate surface area is 148 Å². The molecule has 22 heavy (non-hydrogen) atoms. The second kappa shape index (κ2) is 8.67. The Balaban J connectivity index is 0.00000242. The molecule has 0 spiro atoms. The van der Waals surface area contributed by atoms with Gasteiger partial charge in [0.2, 0.25) is 0 Å². The number of halogens is 1. The first-order valence-electron chi connectivity index (χ1n) is 7.00. The third kappa shape index (κ3) is 5.59. The predicted molar refractivity (Wildman–Crippen MR) is 102 cm³/mol. The first kappa shape index (κ1) is 18.3. The van der Waals surface area contributed by atoms with E-state index in [1.54, 1.807) is 6.20 Å². The molecule has 0 aliphatic rings. The Morgan fingerprint density at radius 3 is 2.77 bits per heavy atom. The highest BCUT2D eigenvalue weighted by Crippen LogP contribution is 2.18. The summed E-state index contributed by atoms with van der Waals surface area (Å²) in [7, 11) is 0. The monoisotopic (exact) mass is 411 g/mol. The Kier molecular flexibility index (Phi) is 7.23. The van der Waals surface area contributed by atoms with E-state index in [1.807, 2.05) is 25.1 Å². The molecule has 0 unspecified atom stereocenters. The van der Waals surface area contributed by atoms with Gasteiger partial charge < -0.3 is 11.1 Å². The number of hydrogen-bond donors (Lipinski definition) is 2. The molecule has 0 bridgehead atoms. The van der Waals surface area contributed by atoms with Crippen LogP contribution in [0.4, 0.5) is 5.69 Å². The number of anilines is 1. The van der Waals surface area contributed by atoms with Crippen LogP contribution in [0.25, 0.3) is 0 Å². The molecule has 0 fully saturated rings. The van der Waals surface area contributed by atoms with Gasteiger partial charge in [-0.25, -0.2) is 15.0 Å². The summed E-state index contributed by atoms with van der Waals surface area (Å²) < 4.78 is 0. The van der Waals surface area contributed by atoms with Crippen LogP contribution in [-0.4, -0.2) is 15.9 Å². The Bertz CT molecular complexity index is 640. The Hall–Kier alpha value is -1.70. The first-order valence-corrected chi connectivity index (χ1v) is 7.00. The van der Waals surface area contributed by atoms with Crippen LogP contribution in [0.1, 0.15) is 36.8 Å². The molecule has 5 nitrogen and oxygen atoms in total. The van der Waals surface area contributed by atoms with E-state index >= 15 is 0 Å². The second-order valence-corrected chi connectivity index (χ2v) is 5.20. The summed E-state index contributed by atoms with van der Waals surface area (Å²) in [5.41, 5.74) is 8.97. The molecule has 6 heteroatoms. The lowest BCUT2D eigenvalue weighted by molar-refractivity contribution is 0.867. The number of aryl methyl sites for hydroxylation is 1. The van der Waals surface area contributed by atoms with Gasteiger partial charge in [-0.15, -0.1) is 24.0 Å². The summed E-state index contributed by atoms with van der Waals surface area (Å²) in [4.78, 5) is 12.6. The maximum absolute atomic E-state index is 5.91. The molecule has 0 aliphatic carbocycles. The van der Waals surface area contributed by atoms with Gasteiger partial charge >= 0.3 is 0 Å². The van der Waals surface area contributed by atoms with Crippen molar-refractivity contribution in [3.8, 4) is 0 Å². The van der Waals surface area contributed by atoms with E-state index in [2.05, 4.69) is 46.3 Å². The fraction of sp³-hybridized carbons (Fsp3) is 0.312. The molecular formula is C16H22IN5. The summed E-state index contributed by atoms with van der Waals surface area (Å²) in [6.07, 6.45) is 1.73. The van der Waals surface area contributed by atoms with Crippen LogP contribution < -0.4 is 11.1 Å².